The van der Waals surface area contributed by atoms with E-state index in [0.717, 1.165) is 19.0 Å². The highest BCUT2D eigenvalue weighted by Crippen LogP contribution is 2.22. The van der Waals surface area contributed by atoms with E-state index in [-0.39, 0.29) is 23.6 Å². The van der Waals surface area contributed by atoms with Gasteiger partial charge in [0.25, 0.3) is 0 Å². The van der Waals surface area contributed by atoms with Gasteiger partial charge >= 0.3 is 0 Å². The van der Waals surface area contributed by atoms with Gasteiger partial charge in [0, 0.05) is 12.8 Å². The molecule has 0 aliphatic carbocycles. The fourth-order valence-electron chi connectivity index (χ4n) is 1.97. The van der Waals surface area contributed by atoms with Crippen LogP contribution in [0.2, 0.25) is 0 Å². The van der Waals surface area contributed by atoms with E-state index in [0.29, 0.717) is 6.61 Å². The van der Waals surface area contributed by atoms with Crippen molar-refractivity contribution in [2.75, 3.05) is 11.9 Å². The lowest BCUT2D eigenvalue weighted by Crippen LogP contribution is -2.36. The maximum absolute atomic E-state index is 13.3. The molecule has 2 rings (SSSR count). The zero-order chi connectivity index (χ0) is 12.3. The number of halogens is 1. The average Bonchev–Trinajstić information content (AvgIpc) is 2.32. The van der Waals surface area contributed by atoms with Crippen molar-refractivity contribution in [2.45, 2.75) is 25.9 Å². The Morgan fingerprint density at radius 3 is 3.18 bits per heavy atom. The van der Waals surface area contributed by atoms with Crippen LogP contribution in [0.4, 0.5) is 10.1 Å². The lowest BCUT2D eigenvalue weighted by atomic mass is 9.94. The van der Waals surface area contributed by atoms with Gasteiger partial charge in [-0.05, 0) is 25.8 Å². The van der Waals surface area contributed by atoms with Crippen molar-refractivity contribution >= 4 is 11.6 Å². The molecule has 1 amide bonds. The summed E-state index contributed by atoms with van der Waals surface area (Å²) in [6, 6.07) is 1.45. The SMILES string of the molecule is C[C@H]1OCCC[C@@H]1C(=O)Nc1ccncc1F. The molecule has 1 aromatic heterocycles. The molecular formula is C12H15FN2O2. The number of pyridine rings is 1. The third-order valence-corrected chi connectivity index (χ3v) is 2.97. The van der Waals surface area contributed by atoms with Gasteiger partial charge in [-0.3, -0.25) is 9.78 Å². The van der Waals surface area contributed by atoms with E-state index >= 15 is 0 Å². The zero-order valence-corrected chi connectivity index (χ0v) is 9.65. The monoisotopic (exact) mass is 238 g/mol. The van der Waals surface area contributed by atoms with E-state index in [2.05, 4.69) is 10.3 Å². The van der Waals surface area contributed by atoms with Gasteiger partial charge in [0.05, 0.1) is 23.9 Å². The van der Waals surface area contributed by atoms with Crippen molar-refractivity contribution in [1.82, 2.24) is 4.98 Å². The summed E-state index contributed by atoms with van der Waals surface area (Å²) in [5.41, 5.74) is 0.169. The summed E-state index contributed by atoms with van der Waals surface area (Å²) in [6.45, 7) is 2.56. The molecule has 0 saturated carbocycles. The van der Waals surface area contributed by atoms with Crippen molar-refractivity contribution < 1.29 is 13.9 Å². The molecule has 1 aromatic rings. The fourth-order valence-corrected chi connectivity index (χ4v) is 1.97. The van der Waals surface area contributed by atoms with Crippen molar-refractivity contribution in [3.63, 3.8) is 0 Å². The first-order chi connectivity index (χ1) is 8.18. The van der Waals surface area contributed by atoms with Crippen molar-refractivity contribution in [3.05, 3.63) is 24.3 Å². The summed E-state index contributed by atoms with van der Waals surface area (Å²) in [6.07, 6.45) is 4.05. The molecule has 1 fully saturated rings. The molecular weight excluding hydrogens is 223 g/mol. The fraction of sp³-hybridized carbons (Fsp3) is 0.500. The van der Waals surface area contributed by atoms with E-state index in [9.17, 15) is 9.18 Å². The molecule has 2 heterocycles. The Morgan fingerprint density at radius 1 is 1.65 bits per heavy atom. The Labute approximate surface area is 99.2 Å². The normalized spacial score (nSPS) is 24.4. The van der Waals surface area contributed by atoms with Crippen molar-refractivity contribution in [1.29, 1.82) is 0 Å². The molecule has 0 bridgehead atoms. The van der Waals surface area contributed by atoms with Crippen LogP contribution in [0.1, 0.15) is 19.8 Å². The first-order valence-corrected chi connectivity index (χ1v) is 5.70. The van der Waals surface area contributed by atoms with Crippen molar-refractivity contribution in [3.8, 4) is 0 Å². The average molecular weight is 238 g/mol. The minimum atomic E-state index is -0.523. The maximum atomic E-state index is 13.3. The topological polar surface area (TPSA) is 51.2 Å². The van der Waals surface area contributed by atoms with E-state index in [4.69, 9.17) is 4.74 Å². The second-order valence-electron chi connectivity index (χ2n) is 4.17. The predicted octanol–water partition coefficient (Wildman–Crippen LogP) is 1.97. The van der Waals surface area contributed by atoms with Crippen molar-refractivity contribution in [2.24, 2.45) is 5.92 Å². The van der Waals surface area contributed by atoms with E-state index in [1.807, 2.05) is 6.92 Å². The molecule has 1 N–H and O–H groups in total. The Hall–Kier alpha value is -1.49. The van der Waals surface area contributed by atoms with Gasteiger partial charge in [0.15, 0.2) is 5.82 Å². The zero-order valence-electron chi connectivity index (χ0n) is 9.65. The smallest absolute Gasteiger partial charge is 0.230 e. The molecule has 92 valence electrons. The molecule has 0 radical (unpaired) electrons. The molecule has 0 aromatic carbocycles. The Bertz CT molecular complexity index is 411. The minimum Gasteiger partial charge on any atom is -0.378 e. The van der Waals surface area contributed by atoms with Crippen LogP contribution in [0, 0.1) is 11.7 Å². The van der Waals surface area contributed by atoms with E-state index in [1.165, 1.54) is 12.3 Å². The number of anilines is 1. The Kier molecular flexibility index (Phi) is 3.68. The maximum Gasteiger partial charge on any atom is 0.230 e. The van der Waals surface area contributed by atoms with Gasteiger partial charge in [0.2, 0.25) is 5.91 Å². The van der Waals surface area contributed by atoms with Crippen LogP contribution in [-0.4, -0.2) is 23.6 Å². The first-order valence-electron chi connectivity index (χ1n) is 5.70. The molecule has 0 spiro atoms. The highest BCUT2D eigenvalue weighted by molar-refractivity contribution is 5.93. The van der Waals surface area contributed by atoms with Crippen LogP contribution in [0.15, 0.2) is 18.5 Å². The highest BCUT2D eigenvalue weighted by atomic mass is 19.1. The van der Waals surface area contributed by atoms with Crippen LogP contribution in [0.3, 0.4) is 0 Å². The largest absolute Gasteiger partial charge is 0.378 e. The van der Waals surface area contributed by atoms with Gasteiger partial charge in [-0.15, -0.1) is 0 Å². The van der Waals surface area contributed by atoms with E-state index < -0.39 is 5.82 Å². The van der Waals surface area contributed by atoms with Gasteiger partial charge in [-0.2, -0.15) is 0 Å². The number of ether oxygens (including phenoxy) is 1. The number of hydrogen-bond acceptors (Lipinski definition) is 3. The van der Waals surface area contributed by atoms with Gasteiger partial charge in [-0.1, -0.05) is 0 Å². The highest BCUT2D eigenvalue weighted by Gasteiger charge is 2.28. The lowest BCUT2D eigenvalue weighted by Gasteiger charge is -2.28. The number of amides is 1. The lowest BCUT2D eigenvalue weighted by molar-refractivity contribution is -0.127. The minimum absolute atomic E-state index is 0.117. The molecule has 0 unspecified atom stereocenters. The van der Waals surface area contributed by atoms with Crippen LogP contribution < -0.4 is 5.32 Å². The van der Waals surface area contributed by atoms with E-state index in [1.54, 1.807) is 0 Å². The number of carbonyl (C=O) groups is 1. The number of nitrogens with zero attached hydrogens (tertiary/aromatic N) is 1. The summed E-state index contributed by atoms with van der Waals surface area (Å²) in [5.74, 6) is -0.927. The van der Waals surface area contributed by atoms with Crippen LogP contribution >= 0.6 is 0 Å². The third kappa shape index (κ3) is 2.79. The Morgan fingerprint density at radius 2 is 2.47 bits per heavy atom. The Balaban J connectivity index is 2.03. The van der Waals surface area contributed by atoms with Gasteiger partial charge < -0.3 is 10.1 Å². The molecule has 1 aliphatic rings. The summed E-state index contributed by atoms with van der Waals surface area (Å²) < 4.78 is 18.7. The summed E-state index contributed by atoms with van der Waals surface area (Å²) in [5, 5.41) is 2.58. The molecule has 4 nitrogen and oxygen atoms in total. The van der Waals surface area contributed by atoms with Crippen LogP contribution in [0.25, 0.3) is 0 Å². The second-order valence-corrected chi connectivity index (χ2v) is 4.17. The van der Waals surface area contributed by atoms with Gasteiger partial charge in [-0.25, -0.2) is 4.39 Å². The van der Waals surface area contributed by atoms with Gasteiger partial charge in [0.1, 0.15) is 0 Å². The number of hydrogen-bond donors (Lipinski definition) is 1. The summed E-state index contributed by atoms with van der Waals surface area (Å²) >= 11 is 0. The molecule has 2 atom stereocenters. The molecule has 1 aliphatic heterocycles. The predicted molar refractivity (Wildman–Crippen MR) is 61.0 cm³/mol. The first kappa shape index (κ1) is 12.0. The van der Waals surface area contributed by atoms with Crippen LogP contribution in [-0.2, 0) is 9.53 Å². The number of carbonyl (C=O) groups excluding carboxylic acids is 1. The second kappa shape index (κ2) is 5.23. The molecule has 17 heavy (non-hydrogen) atoms. The number of nitrogens with one attached hydrogen (secondary N) is 1. The third-order valence-electron chi connectivity index (χ3n) is 2.97. The number of aromatic nitrogens is 1. The molecule has 5 heteroatoms. The van der Waals surface area contributed by atoms with Crippen LogP contribution in [0.5, 0.6) is 0 Å². The quantitative estimate of drug-likeness (QED) is 0.857. The summed E-state index contributed by atoms with van der Waals surface area (Å²) in [4.78, 5) is 15.6. The molecule has 1 saturated heterocycles. The number of rotatable bonds is 2. The standard InChI is InChI=1S/C12H15FN2O2/c1-8-9(3-2-6-17-8)12(16)15-11-4-5-14-7-10(11)13/h4-5,7-9H,2-3,6H2,1H3,(H,14,15,16)/t8-,9+/m1/s1. The summed E-state index contributed by atoms with van der Waals surface area (Å²) in [7, 11) is 0.